The third kappa shape index (κ3) is 9.65. The van der Waals surface area contributed by atoms with Gasteiger partial charge in [-0.2, -0.15) is 0 Å². The zero-order chi connectivity index (χ0) is 41.7. The first-order valence-corrected chi connectivity index (χ1v) is 21.5. The van der Waals surface area contributed by atoms with Crippen molar-refractivity contribution in [2.75, 3.05) is 19.6 Å². The Bertz CT molecular complexity index is 2290. The summed E-state index contributed by atoms with van der Waals surface area (Å²) in [5, 5.41) is 25.9. The van der Waals surface area contributed by atoms with E-state index in [9.17, 15) is 24.3 Å². The number of nitrogens with zero attached hydrogens (tertiary/aromatic N) is 5. The number of carbonyl (C=O) groups is 4. The Balaban J connectivity index is 0.816. The summed E-state index contributed by atoms with van der Waals surface area (Å²) in [5.74, 6) is -0.127. The largest absolute Gasteiger partial charge is 0.507 e. The van der Waals surface area contributed by atoms with Crippen LogP contribution in [-0.2, 0) is 25.7 Å². The summed E-state index contributed by atoms with van der Waals surface area (Å²) in [7, 11) is 0. The Labute approximate surface area is 349 Å². The standard InChI is InChI=1S/C45H54N8O5S/c1-28-40(59-27-48-28)30-19-17-29(18-20-30)23-47-43(57)36-13-11-21-53(36)44(58)41(45(2,3)4)49-38(55)15-7-5-6-8-16-39(56)52-25-31(26-52)34-24-46-42-33(34)22-35(50-51-42)32-12-9-10-14-37(32)54/h9-10,12,14,17-20,22,24,27,31,36,41,54H,5-8,11,13,15-16,21,23,25-26H2,1-4H3,(H,46,51)(H,47,57)(H,49,55)/t36-,41+/m0/s1. The van der Waals surface area contributed by atoms with Crippen molar-refractivity contribution < 1.29 is 24.3 Å². The number of aryl methyl sites for hydroxylation is 1. The quantitative estimate of drug-likeness (QED) is 0.0829. The summed E-state index contributed by atoms with van der Waals surface area (Å²) >= 11 is 1.60. The summed E-state index contributed by atoms with van der Waals surface area (Å²) in [6.07, 6.45) is 7.01. The van der Waals surface area contributed by atoms with Crippen LogP contribution in [0.15, 0.2) is 66.3 Å². The molecule has 2 aromatic carbocycles. The van der Waals surface area contributed by atoms with Crippen molar-refractivity contribution in [2.24, 2.45) is 5.41 Å². The van der Waals surface area contributed by atoms with Crippen molar-refractivity contribution in [3.05, 3.63) is 83.1 Å². The zero-order valence-corrected chi connectivity index (χ0v) is 35.1. The van der Waals surface area contributed by atoms with Gasteiger partial charge in [-0.1, -0.05) is 70.0 Å². The van der Waals surface area contributed by atoms with Crippen LogP contribution in [-0.4, -0.2) is 90.4 Å². The maximum Gasteiger partial charge on any atom is 0.246 e. The molecule has 310 valence electrons. The molecule has 3 aromatic heterocycles. The maximum absolute atomic E-state index is 14.0. The number of rotatable bonds is 15. The van der Waals surface area contributed by atoms with E-state index in [0.717, 1.165) is 58.3 Å². The van der Waals surface area contributed by atoms with Crippen molar-refractivity contribution in [1.29, 1.82) is 0 Å². The van der Waals surface area contributed by atoms with Gasteiger partial charge in [-0.25, -0.2) is 4.98 Å². The van der Waals surface area contributed by atoms with Crippen LogP contribution in [0.1, 0.15) is 94.9 Å². The molecular weight excluding hydrogens is 765 g/mol. The molecule has 2 saturated heterocycles. The van der Waals surface area contributed by atoms with Crippen LogP contribution < -0.4 is 10.6 Å². The zero-order valence-electron chi connectivity index (χ0n) is 34.3. The van der Waals surface area contributed by atoms with E-state index in [2.05, 4.69) is 30.8 Å². The molecule has 4 amide bonds. The van der Waals surface area contributed by atoms with Gasteiger partial charge in [-0.3, -0.25) is 19.2 Å². The molecule has 0 radical (unpaired) electrons. The highest BCUT2D eigenvalue weighted by Gasteiger charge is 2.42. The van der Waals surface area contributed by atoms with Crippen LogP contribution in [0.3, 0.4) is 0 Å². The number of fused-ring (bicyclic) bond motifs is 1. The third-order valence-corrected chi connectivity index (χ3v) is 12.5. The molecule has 2 aliphatic heterocycles. The van der Waals surface area contributed by atoms with Gasteiger partial charge in [-0.05, 0) is 72.9 Å². The molecular formula is C45H54N8O5S. The van der Waals surface area contributed by atoms with Gasteiger partial charge in [-0.15, -0.1) is 21.5 Å². The number of H-pyrrole nitrogens is 1. The average molecular weight is 819 g/mol. The van der Waals surface area contributed by atoms with E-state index in [0.29, 0.717) is 62.3 Å². The number of phenolic OH excluding ortho intramolecular Hbond substituents is 1. The molecule has 2 atom stereocenters. The van der Waals surface area contributed by atoms with Gasteiger partial charge in [0.2, 0.25) is 23.6 Å². The van der Waals surface area contributed by atoms with E-state index in [1.807, 2.05) is 86.8 Å². The Morgan fingerprint density at radius 2 is 1.73 bits per heavy atom. The molecule has 2 aliphatic rings. The lowest BCUT2D eigenvalue weighted by Gasteiger charge is -2.39. The van der Waals surface area contributed by atoms with E-state index in [4.69, 9.17) is 0 Å². The third-order valence-electron chi connectivity index (χ3n) is 11.6. The van der Waals surface area contributed by atoms with Crippen LogP contribution in [0.4, 0.5) is 0 Å². The molecule has 0 spiro atoms. The number of nitrogens with one attached hydrogen (secondary N) is 3. The number of aromatic nitrogens is 4. The Morgan fingerprint density at radius 1 is 0.983 bits per heavy atom. The molecule has 7 rings (SSSR count). The van der Waals surface area contributed by atoms with E-state index < -0.39 is 17.5 Å². The maximum atomic E-state index is 14.0. The minimum absolute atomic E-state index is 0.130. The lowest BCUT2D eigenvalue weighted by molar-refractivity contribution is -0.143. The molecule has 14 heteroatoms. The predicted octanol–water partition coefficient (Wildman–Crippen LogP) is 6.87. The van der Waals surface area contributed by atoms with E-state index >= 15 is 0 Å². The lowest BCUT2D eigenvalue weighted by Crippen LogP contribution is -2.57. The molecule has 0 unspecified atom stereocenters. The number of benzene rings is 2. The highest BCUT2D eigenvalue weighted by molar-refractivity contribution is 7.13. The van der Waals surface area contributed by atoms with Gasteiger partial charge in [0.1, 0.15) is 17.8 Å². The number of aromatic amines is 1. The molecule has 0 aliphatic carbocycles. The van der Waals surface area contributed by atoms with E-state index in [1.165, 1.54) is 0 Å². The number of unbranched alkanes of at least 4 members (excludes halogenated alkanes) is 3. The first-order valence-electron chi connectivity index (χ1n) is 20.6. The molecule has 59 heavy (non-hydrogen) atoms. The number of likely N-dealkylation sites (tertiary alicyclic amines) is 2. The number of hydrogen-bond donors (Lipinski definition) is 4. The number of aromatic hydroxyl groups is 1. The second kappa shape index (κ2) is 18.1. The molecule has 5 aromatic rings. The minimum atomic E-state index is -0.763. The predicted molar refractivity (Wildman–Crippen MR) is 228 cm³/mol. The van der Waals surface area contributed by atoms with Gasteiger partial charge in [0.15, 0.2) is 5.65 Å². The SMILES string of the molecule is Cc1ncsc1-c1ccc(CNC(=O)[C@@H]2CCCN2C(=O)[C@@H](NC(=O)CCCCCCC(=O)N2CC(c3c[nH]c4nnc(-c5ccccc5O)cc34)C2)C(C)(C)C)cc1. The highest BCUT2D eigenvalue weighted by Crippen LogP contribution is 2.35. The number of thiazole rings is 1. The molecule has 4 N–H and O–H groups in total. The van der Waals surface area contributed by atoms with Crippen molar-refractivity contribution in [2.45, 2.75) is 104 Å². The Morgan fingerprint density at radius 3 is 2.44 bits per heavy atom. The number of para-hydroxylation sites is 1. The topological polar surface area (TPSA) is 174 Å². The van der Waals surface area contributed by atoms with Crippen LogP contribution >= 0.6 is 11.3 Å². The summed E-state index contributed by atoms with van der Waals surface area (Å²) < 4.78 is 0. The number of phenols is 1. The van der Waals surface area contributed by atoms with Crippen molar-refractivity contribution >= 4 is 46.0 Å². The monoisotopic (exact) mass is 818 g/mol. The number of carbonyl (C=O) groups excluding carboxylic acids is 4. The second-order valence-electron chi connectivity index (χ2n) is 16.9. The smallest absolute Gasteiger partial charge is 0.246 e. The fourth-order valence-electron chi connectivity index (χ4n) is 8.06. The first kappa shape index (κ1) is 41.5. The molecule has 5 heterocycles. The molecule has 0 bridgehead atoms. The fourth-order valence-corrected chi connectivity index (χ4v) is 8.88. The van der Waals surface area contributed by atoms with Gasteiger partial charge < -0.3 is 30.5 Å². The second-order valence-corrected chi connectivity index (χ2v) is 17.8. The van der Waals surface area contributed by atoms with Gasteiger partial charge >= 0.3 is 0 Å². The summed E-state index contributed by atoms with van der Waals surface area (Å²) in [6, 6.07) is 15.7. The van der Waals surface area contributed by atoms with Crippen LogP contribution in [0.25, 0.3) is 32.7 Å². The van der Waals surface area contributed by atoms with Crippen molar-refractivity contribution in [3.8, 4) is 27.4 Å². The fraction of sp³-hybridized carbons (Fsp3) is 0.444. The summed E-state index contributed by atoms with van der Waals surface area (Å²) in [4.78, 5) is 65.7. The average Bonchev–Trinajstić information content (AvgIpc) is 3.97. The lowest BCUT2D eigenvalue weighted by atomic mass is 9.85. The van der Waals surface area contributed by atoms with E-state index in [1.54, 1.807) is 28.4 Å². The molecule has 2 fully saturated rings. The van der Waals surface area contributed by atoms with Crippen molar-refractivity contribution in [3.63, 3.8) is 0 Å². The highest BCUT2D eigenvalue weighted by atomic mass is 32.1. The Kier molecular flexibility index (Phi) is 12.7. The number of hydrogen-bond acceptors (Lipinski definition) is 9. The van der Waals surface area contributed by atoms with Crippen LogP contribution in [0.5, 0.6) is 5.75 Å². The van der Waals surface area contributed by atoms with E-state index in [-0.39, 0.29) is 41.7 Å². The first-order chi connectivity index (χ1) is 28.4. The van der Waals surface area contributed by atoms with Gasteiger partial charge in [0, 0.05) is 62.1 Å². The van der Waals surface area contributed by atoms with Gasteiger partial charge in [0.25, 0.3) is 0 Å². The minimum Gasteiger partial charge on any atom is -0.507 e. The summed E-state index contributed by atoms with van der Waals surface area (Å²) in [5.41, 5.74) is 7.32. The van der Waals surface area contributed by atoms with Gasteiger partial charge in [0.05, 0.1) is 21.8 Å². The van der Waals surface area contributed by atoms with Crippen molar-refractivity contribution in [1.82, 2.24) is 40.6 Å². The Hall–Kier alpha value is -5.63. The van der Waals surface area contributed by atoms with Crippen LogP contribution in [0.2, 0.25) is 0 Å². The normalized spacial score (nSPS) is 16.2. The van der Waals surface area contributed by atoms with Crippen LogP contribution in [0, 0.1) is 12.3 Å². The molecule has 0 saturated carbocycles. The molecule has 13 nitrogen and oxygen atoms in total. The summed E-state index contributed by atoms with van der Waals surface area (Å²) in [6.45, 7) is 9.89. The number of amides is 4.